The second-order valence-corrected chi connectivity index (χ2v) is 1.53. The number of ether oxygens (including phenoxy) is 1. The zero-order chi connectivity index (χ0) is 5.82. The van der Waals surface area contributed by atoms with Crippen molar-refractivity contribution in [1.82, 2.24) is 0 Å². The lowest BCUT2D eigenvalue weighted by Crippen LogP contribution is -1.72. The van der Waals surface area contributed by atoms with Gasteiger partial charge in [0.05, 0.1) is 6.26 Å². The molecular weight excluding hydrogens is 100 g/mol. The van der Waals surface area contributed by atoms with Crippen LogP contribution in [0.15, 0.2) is 36.8 Å². The van der Waals surface area contributed by atoms with Crippen molar-refractivity contribution in [1.29, 1.82) is 0 Å². The molecule has 0 saturated heterocycles. The Morgan fingerprint density at radius 1 is 1.75 bits per heavy atom. The summed E-state index contributed by atoms with van der Waals surface area (Å²) in [4.78, 5) is 0. The quantitative estimate of drug-likeness (QED) is 0.491. The van der Waals surface area contributed by atoms with E-state index >= 15 is 0 Å². The van der Waals surface area contributed by atoms with Gasteiger partial charge in [-0.05, 0) is 18.6 Å². The third-order valence-corrected chi connectivity index (χ3v) is 0.957. The third kappa shape index (κ3) is 0.997. The summed E-state index contributed by atoms with van der Waals surface area (Å²) in [5, 5.41) is 0. The molecule has 0 heterocycles. The minimum Gasteiger partial charge on any atom is -0.466 e. The van der Waals surface area contributed by atoms with Gasteiger partial charge in [-0.25, -0.2) is 0 Å². The highest BCUT2D eigenvalue weighted by Crippen LogP contribution is 2.09. The normalized spacial score (nSPS) is 15.8. The molecular formula is C7H8O. The number of rotatable bonds is 2. The topological polar surface area (TPSA) is 9.23 Å². The Kier molecular flexibility index (Phi) is 1.52. The lowest BCUT2D eigenvalue weighted by Gasteiger charge is -1.92. The lowest BCUT2D eigenvalue weighted by molar-refractivity contribution is 0.371. The zero-order valence-electron chi connectivity index (χ0n) is 4.63. The van der Waals surface area contributed by atoms with Gasteiger partial charge in [0.15, 0.2) is 0 Å². The highest BCUT2D eigenvalue weighted by atomic mass is 16.5. The van der Waals surface area contributed by atoms with Gasteiger partial charge in [-0.3, -0.25) is 0 Å². The van der Waals surface area contributed by atoms with E-state index < -0.39 is 0 Å². The minimum atomic E-state index is 0.903. The molecule has 0 aliphatic heterocycles. The molecule has 0 amide bonds. The van der Waals surface area contributed by atoms with Gasteiger partial charge in [-0.2, -0.15) is 0 Å². The minimum absolute atomic E-state index is 0.903. The van der Waals surface area contributed by atoms with Gasteiger partial charge >= 0.3 is 0 Å². The van der Waals surface area contributed by atoms with Crippen LogP contribution in [0.3, 0.4) is 0 Å². The van der Waals surface area contributed by atoms with Crippen LogP contribution in [0.1, 0.15) is 6.42 Å². The van der Waals surface area contributed by atoms with E-state index in [9.17, 15) is 0 Å². The molecule has 0 N–H and O–H groups in total. The first-order chi connectivity index (χ1) is 3.93. The van der Waals surface area contributed by atoms with E-state index in [0.29, 0.717) is 0 Å². The van der Waals surface area contributed by atoms with E-state index in [1.165, 1.54) is 6.26 Å². The maximum atomic E-state index is 4.94. The summed E-state index contributed by atoms with van der Waals surface area (Å²) < 4.78 is 4.94. The first-order valence-electron chi connectivity index (χ1n) is 2.58. The molecule has 0 fully saturated rings. The Hall–Kier alpha value is -0.980. The Morgan fingerprint density at radius 2 is 2.62 bits per heavy atom. The first kappa shape index (κ1) is 5.16. The summed E-state index contributed by atoms with van der Waals surface area (Å²) in [6.45, 7) is 3.43. The molecule has 42 valence electrons. The van der Waals surface area contributed by atoms with Crippen LogP contribution < -0.4 is 0 Å². The molecule has 0 atom stereocenters. The van der Waals surface area contributed by atoms with Crippen LogP contribution >= 0.6 is 0 Å². The highest BCUT2D eigenvalue weighted by Gasteiger charge is 1.92. The predicted molar refractivity (Wildman–Crippen MR) is 33.1 cm³/mol. The molecule has 0 unspecified atom stereocenters. The molecule has 1 rings (SSSR count). The molecule has 1 aliphatic rings. The van der Waals surface area contributed by atoms with Crippen LogP contribution in [0.2, 0.25) is 0 Å². The fourth-order valence-corrected chi connectivity index (χ4v) is 0.620. The van der Waals surface area contributed by atoms with Crippen LogP contribution in [0, 0.1) is 0 Å². The molecule has 1 heteroatoms. The van der Waals surface area contributed by atoms with E-state index in [1.54, 1.807) is 0 Å². The Labute approximate surface area is 49.0 Å². The van der Waals surface area contributed by atoms with E-state index in [1.807, 2.05) is 18.2 Å². The van der Waals surface area contributed by atoms with Gasteiger partial charge in [0.1, 0.15) is 5.76 Å². The summed E-state index contributed by atoms with van der Waals surface area (Å²) >= 11 is 0. The van der Waals surface area contributed by atoms with E-state index in [-0.39, 0.29) is 0 Å². The van der Waals surface area contributed by atoms with Crippen LogP contribution in [0.4, 0.5) is 0 Å². The van der Waals surface area contributed by atoms with Crippen molar-refractivity contribution < 1.29 is 4.74 Å². The van der Waals surface area contributed by atoms with Gasteiger partial charge in [0.25, 0.3) is 0 Å². The van der Waals surface area contributed by atoms with Gasteiger partial charge < -0.3 is 4.74 Å². The maximum Gasteiger partial charge on any atom is 0.122 e. The second kappa shape index (κ2) is 2.36. The fraction of sp³-hybridized carbons (Fsp3) is 0.143. The third-order valence-electron chi connectivity index (χ3n) is 0.957. The predicted octanol–water partition coefficient (Wildman–Crippen LogP) is 1.99. The molecule has 1 nitrogen and oxygen atoms in total. The van der Waals surface area contributed by atoms with Crippen LogP contribution in [-0.2, 0) is 4.74 Å². The Balaban J connectivity index is 2.45. The molecule has 1 aliphatic carbocycles. The molecule has 8 heavy (non-hydrogen) atoms. The average Bonchev–Trinajstić information content (AvgIpc) is 2.19. The maximum absolute atomic E-state index is 4.94. The van der Waals surface area contributed by atoms with Crippen LogP contribution in [0.25, 0.3) is 0 Å². The Bertz CT molecular complexity index is 142. The van der Waals surface area contributed by atoms with Crippen molar-refractivity contribution in [3.8, 4) is 0 Å². The lowest BCUT2D eigenvalue weighted by atomic mass is 10.5. The fourth-order valence-electron chi connectivity index (χ4n) is 0.620. The van der Waals surface area contributed by atoms with Crippen molar-refractivity contribution >= 4 is 0 Å². The summed E-state index contributed by atoms with van der Waals surface area (Å²) in [5.74, 6) is 0.903. The largest absolute Gasteiger partial charge is 0.466 e. The summed E-state index contributed by atoms with van der Waals surface area (Å²) in [6, 6.07) is 0. The van der Waals surface area contributed by atoms with Crippen molar-refractivity contribution in [2.45, 2.75) is 6.42 Å². The molecule has 0 saturated carbocycles. The average molecular weight is 108 g/mol. The molecule has 0 aromatic carbocycles. The van der Waals surface area contributed by atoms with Crippen molar-refractivity contribution in [3.05, 3.63) is 36.8 Å². The van der Waals surface area contributed by atoms with Crippen LogP contribution in [0.5, 0.6) is 0 Å². The summed E-state index contributed by atoms with van der Waals surface area (Å²) in [6.07, 6.45) is 8.40. The second-order valence-electron chi connectivity index (χ2n) is 1.53. The molecule has 0 aromatic heterocycles. The molecule has 0 aromatic rings. The van der Waals surface area contributed by atoms with Gasteiger partial charge in [-0.1, -0.05) is 12.7 Å². The monoisotopic (exact) mass is 108 g/mol. The smallest absolute Gasteiger partial charge is 0.122 e. The zero-order valence-corrected chi connectivity index (χ0v) is 4.63. The van der Waals surface area contributed by atoms with Gasteiger partial charge in [-0.15, -0.1) is 0 Å². The first-order valence-corrected chi connectivity index (χ1v) is 2.58. The number of hydrogen-bond donors (Lipinski definition) is 0. The standard InChI is InChI=1S/C7H8O/c1-2-8-7-5-3-4-6-7/h2-3,5-6H,1,4H2. The molecule has 0 radical (unpaired) electrons. The van der Waals surface area contributed by atoms with E-state index in [4.69, 9.17) is 4.74 Å². The van der Waals surface area contributed by atoms with E-state index in [0.717, 1.165) is 12.2 Å². The Morgan fingerprint density at radius 3 is 3.12 bits per heavy atom. The van der Waals surface area contributed by atoms with Gasteiger partial charge in [0.2, 0.25) is 0 Å². The number of hydrogen-bond acceptors (Lipinski definition) is 1. The molecule has 0 spiro atoms. The van der Waals surface area contributed by atoms with Gasteiger partial charge in [0, 0.05) is 0 Å². The molecule has 0 bridgehead atoms. The van der Waals surface area contributed by atoms with Crippen molar-refractivity contribution in [2.75, 3.05) is 0 Å². The van der Waals surface area contributed by atoms with E-state index in [2.05, 4.69) is 6.58 Å². The highest BCUT2D eigenvalue weighted by molar-refractivity contribution is 5.20. The van der Waals surface area contributed by atoms with Crippen molar-refractivity contribution in [3.63, 3.8) is 0 Å². The number of allylic oxidation sites excluding steroid dienone is 3. The van der Waals surface area contributed by atoms with Crippen molar-refractivity contribution in [2.24, 2.45) is 0 Å². The summed E-state index contributed by atoms with van der Waals surface area (Å²) in [7, 11) is 0. The SMILES string of the molecule is C=COC1=CCC=C1. The summed E-state index contributed by atoms with van der Waals surface area (Å²) in [5.41, 5.74) is 0. The van der Waals surface area contributed by atoms with Crippen LogP contribution in [-0.4, -0.2) is 0 Å².